The molecule has 2 saturated heterocycles. The molecule has 0 radical (unpaired) electrons. The number of fused-ring (bicyclic) bond motifs is 1. The van der Waals surface area contributed by atoms with E-state index in [1.54, 1.807) is 4.90 Å². The molecule has 6 nitrogen and oxygen atoms in total. The second kappa shape index (κ2) is 8.42. The van der Waals surface area contributed by atoms with Crippen LogP contribution in [0.2, 0.25) is 0 Å². The molecule has 0 aliphatic carbocycles. The van der Waals surface area contributed by atoms with Crippen molar-refractivity contribution >= 4 is 12.1 Å². The van der Waals surface area contributed by atoms with Crippen molar-refractivity contribution in [3.05, 3.63) is 58.8 Å². The van der Waals surface area contributed by atoms with Gasteiger partial charge in [-0.05, 0) is 48.5 Å². The van der Waals surface area contributed by atoms with Crippen LogP contribution in [0.25, 0.3) is 0 Å². The summed E-state index contributed by atoms with van der Waals surface area (Å²) in [4.78, 5) is 16.7. The first-order valence-corrected chi connectivity index (χ1v) is 11.0. The zero-order valence-corrected chi connectivity index (χ0v) is 17.4. The quantitative estimate of drug-likeness (QED) is 0.775. The molecule has 1 amide bonds. The molecule has 4 heterocycles. The molecule has 2 N–H and O–H groups in total. The molecule has 0 saturated carbocycles. The minimum atomic E-state index is -0.793. The lowest BCUT2D eigenvalue weighted by atomic mass is 9.94. The van der Waals surface area contributed by atoms with E-state index in [0.717, 1.165) is 51.0 Å². The molecule has 1 aromatic carbocycles. The second-order valence-corrected chi connectivity index (χ2v) is 8.76. The Balaban J connectivity index is 1.15. The van der Waals surface area contributed by atoms with Crippen LogP contribution in [-0.4, -0.2) is 60.8 Å². The van der Waals surface area contributed by atoms with Crippen molar-refractivity contribution in [2.45, 2.75) is 25.4 Å². The maximum absolute atomic E-state index is 14.0. The molecular formula is C23H27F2N5O. The fraction of sp³-hybridized carbons (Fsp3) is 0.478. The maximum Gasteiger partial charge on any atom is 0.259 e. The summed E-state index contributed by atoms with van der Waals surface area (Å²) in [5, 5.41) is 7.68. The van der Waals surface area contributed by atoms with E-state index in [1.807, 2.05) is 6.21 Å². The van der Waals surface area contributed by atoms with Gasteiger partial charge in [0.05, 0.1) is 0 Å². The molecule has 0 spiro atoms. The van der Waals surface area contributed by atoms with Crippen LogP contribution < -0.4 is 10.7 Å². The summed E-state index contributed by atoms with van der Waals surface area (Å²) in [5.74, 6) is -1.33. The number of dihydropyridines is 1. The fourth-order valence-electron chi connectivity index (χ4n) is 5.04. The van der Waals surface area contributed by atoms with Gasteiger partial charge in [-0.1, -0.05) is 12.1 Å². The van der Waals surface area contributed by atoms with Gasteiger partial charge in [-0.2, -0.15) is 5.10 Å². The van der Waals surface area contributed by atoms with Gasteiger partial charge in [-0.15, -0.1) is 0 Å². The number of hydrogen-bond acceptors (Lipinski definition) is 5. The van der Waals surface area contributed by atoms with Crippen molar-refractivity contribution in [1.82, 2.24) is 20.5 Å². The van der Waals surface area contributed by atoms with E-state index in [9.17, 15) is 13.6 Å². The number of carbonyl (C=O) groups excluding carboxylic acids is 1. The summed E-state index contributed by atoms with van der Waals surface area (Å²) in [6.07, 6.45) is 9.36. The van der Waals surface area contributed by atoms with E-state index in [1.165, 1.54) is 17.2 Å². The number of carbonyl (C=O) groups is 1. The lowest BCUT2D eigenvalue weighted by Gasteiger charge is -2.36. The van der Waals surface area contributed by atoms with Crippen molar-refractivity contribution in [2.75, 3.05) is 32.7 Å². The Hall–Kier alpha value is -2.74. The van der Waals surface area contributed by atoms with Gasteiger partial charge in [-0.25, -0.2) is 8.78 Å². The number of rotatable bonds is 4. The van der Waals surface area contributed by atoms with Crippen molar-refractivity contribution in [1.29, 1.82) is 0 Å². The lowest BCUT2D eigenvalue weighted by molar-refractivity contribution is 0.0652. The maximum atomic E-state index is 14.0. The van der Waals surface area contributed by atoms with E-state index in [4.69, 9.17) is 0 Å². The highest BCUT2D eigenvalue weighted by Gasteiger charge is 2.34. The Bertz CT molecular complexity index is 931. The summed E-state index contributed by atoms with van der Waals surface area (Å²) in [7, 11) is 0. The summed E-state index contributed by atoms with van der Waals surface area (Å²) in [6, 6.07) is 3.55. The van der Waals surface area contributed by atoms with Gasteiger partial charge in [0.15, 0.2) is 0 Å². The molecular weight excluding hydrogens is 400 g/mol. The largest absolute Gasteiger partial charge is 0.372 e. The summed E-state index contributed by atoms with van der Waals surface area (Å²) < 4.78 is 27.9. The van der Waals surface area contributed by atoms with E-state index < -0.39 is 23.1 Å². The second-order valence-electron chi connectivity index (χ2n) is 8.76. The molecule has 0 bridgehead atoms. The van der Waals surface area contributed by atoms with Crippen LogP contribution in [-0.2, 0) is 0 Å². The van der Waals surface area contributed by atoms with E-state index in [2.05, 4.69) is 33.0 Å². The van der Waals surface area contributed by atoms with Crippen LogP contribution >= 0.6 is 0 Å². The fourth-order valence-corrected chi connectivity index (χ4v) is 5.04. The van der Waals surface area contributed by atoms with Gasteiger partial charge in [-0.3, -0.25) is 9.69 Å². The van der Waals surface area contributed by atoms with E-state index in [-0.39, 0.29) is 6.17 Å². The number of likely N-dealkylation sites (tertiary alicyclic amines) is 2. The minimum absolute atomic E-state index is 0.238. The number of piperidine rings is 1. The van der Waals surface area contributed by atoms with Gasteiger partial charge in [0, 0.05) is 51.1 Å². The Morgan fingerprint density at radius 2 is 1.94 bits per heavy atom. The third kappa shape index (κ3) is 3.96. The predicted octanol–water partition coefficient (Wildman–Crippen LogP) is 2.47. The monoisotopic (exact) mass is 427 g/mol. The Morgan fingerprint density at radius 3 is 2.65 bits per heavy atom. The number of allylic oxidation sites excluding steroid dienone is 1. The average molecular weight is 427 g/mol. The number of hydrogen-bond donors (Lipinski definition) is 2. The summed E-state index contributed by atoms with van der Waals surface area (Å²) in [6.45, 7) is 3.88. The van der Waals surface area contributed by atoms with Gasteiger partial charge < -0.3 is 15.6 Å². The van der Waals surface area contributed by atoms with Gasteiger partial charge in [0.2, 0.25) is 0 Å². The number of benzene rings is 1. The molecule has 1 aromatic rings. The smallest absolute Gasteiger partial charge is 0.259 e. The molecule has 8 heteroatoms. The number of hydrazone groups is 1. The third-order valence-electron chi connectivity index (χ3n) is 6.82. The van der Waals surface area contributed by atoms with Crippen LogP contribution in [0.5, 0.6) is 0 Å². The lowest BCUT2D eigenvalue weighted by Crippen LogP contribution is -2.46. The van der Waals surface area contributed by atoms with E-state index >= 15 is 0 Å². The molecule has 4 aliphatic rings. The molecule has 2 fully saturated rings. The Labute approximate surface area is 180 Å². The number of amides is 1. The molecule has 0 aromatic heterocycles. The Kier molecular flexibility index (Phi) is 5.48. The third-order valence-corrected chi connectivity index (χ3v) is 6.82. The van der Waals surface area contributed by atoms with Gasteiger partial charge in [0.1, 0.15) is 23.4 Å². The van der Waals surface area contributed by atoms with Crippen molar-refractivity contribution in [3.8, 4) is 0 Å². The van der Waals surface area contributed by atoms with Crippen molar-refractivity contribution < 1.29 is 13.6 Å². The summed E-state index contributed by atoms with van der Waals surface area (Å²) in [5.41, 5.74) is 5.26. The predicted molar refractivity (Wildman–Crippen MR) is 114 cm³/mol. The molecule has 2 atom stereocenters. The topological polar surface area (TPSA) is 60.0 Å². The van der Waals surface area contributed by atoms with Crippen molar-refractivity contribution in [2.24, 2.45) is 16.9 Å². The Morgan fingerprint density at radius 1 is 1.16 bits per heavy atom. The van der Waals surface area contributed by atoms with E-state index in [0.29, 0.717) is 24.9 Å². The highest BCUT2D eigenvalue weighted by molar-refractivity contribution is 5.94. The molecule has 164 valence electrons. The highest BCUT2D eigenvalue weighted by atomic mass is 19.1. The van der Waals surface area contributed by atoms with Gasteiger partial charge in [0.25, 0.3) is 5.91 Å². The standard InChI is InChI=1S/C23H27F2N5O/c24-19-2-1-3-20(25)21(19)23(31)29-7-4-15(5-8-29)14-30-9-6-16-10-17(11-26-22(16)30)18-12-27-28-13-18/h1-3,10-12,15,18,22,26,28H,4-9,13-14H2. The molecule has 2 unspecified atom stereocenters. The normalized spacial score (nSPS) is 26.2. The molecule has 5 rings (SSSR count). The minimum Gasteiger partial charge on any atom is -0.372 e. The van der Waals surface area contributed by atoms with Crippen LogP contribution in [0.15, 0.2) is 46.7 Å². The zero-order valence-electron chi connectivity index (χ0n) is 17.4. The number of nitrogens with zero attached hydrogens (tertiary/aromatic N) is 3. The van der Waals surface area contributed by atoms with Crippen LogP contribution in [0, 0.1) is 23.5 Å². The average Bonchev–Trinajstić information content (AvgIpc) is 3.44. The van der Waals surface area contributed by atoms with Crippen LogP contribution in [0.4, 0.5) is 8.78 Å². The zero-order chi connectivity index (χ0) is 21.4. The first-order chi connectivity index (χ1) is 15.1. The SMILES string of the molecule is O=C(c1c(F)cccc1F)N1CCC(CN2CCC3=CC(C4C=NNC4)=CNC32)CC1. The summed E-state index contributed by atoms with van der Waals surface area (Å²) >= 11 is 0. The number of nitrogens with one attached hydrogen (secondary N) is 2. The van der Waals surface area contributed by atoms with Gasteiger partial charge >= 0.3 is 0 Å². The van der Waals surface area contributed by atoms with Crippen molar-refractivity contribution in [3.63, 3.8) is 0 Å². The van der Waals surface area contributed by atoms with Crippen LogP contribution in [0.3, 0.4) is 0 Å². The number of halogens is 2. The first-order valence-electron chi connectivity index (χ1n) is 11.0. The first kappa shape index (κ1) is 20.2. The molecule has 4 aliphatic heterocycles. The van der Waals surface area contributed by atoms with Crippen LogP contribution in [0.1, 0.15) is 29.6 Å². The highest BCUT2D eigenvalue weighted by Crippen LogP contribution is 2.31. The molecule has 31 heavy (non-hydrogen) atoms.